The van der Waals surface area contributed by atoms with E-state index in [-0.39, 0.29) is 0 Å². The van der Waals surface area contributed by atoms with Gasteiger partial charge in [-0.1, -0.05) is 42.5 Å². The lowest BCUT2D eigenvalue weighted by atomic mass is 10.2. The molecule has 5 heteroatoms. The highest BCUT2D eigenvalue weighted by atomic mass is 19.4. The van der Waals surface area contributed by atoms with E-state index < -0.39 is 11.7 Å². The van der Waals surface area contributed by atoms with E-state index in [0.717, 1.165) is 23.2 Å². The van der Waals surface area contributed by atoms with E-state index in [4.69, 9.17) is 0 Å². The van der Waals surface area contributed by atoms with E-state index in [1.54, 1.807) is 15.2 Å². The van der Waals surface area contributed by atoms with E-state index >= 15 is 0 Å². The van der Waals surface area contributed by atoms with Gasteiger partial charge in [0.2, 0.25) is 6.33 Å². The van der Waals surface area contributed by atoms with Crippen molar-refractivity contribution in [2.45, 2.75) is 6.18 Å². The van der Waals surface area contributed by atoms with Gasteiger partial charge in [-0.25, -0.2) is 0 Å². The predicted octanol–water partition coefficient (Wildman–Crippen LogP) is 3.27. The Balaban J connectivity index is 2.21. The number of hydrogen-bond donors (Lipinski definition) is 0. The van der Waals surface area contributed by atoms with Gasteiger partial charge in [0.1, 0.15) is 0 Å². The highest BCUT2D eigenvalue weighted by Crippen LogP contribution is 2.30. The van der Waals surface area contributed by atoms with Crippen molar-refractivity contribution in [3.8, 4) is 5.69 Å². The van der Waals surface area contributed by atoms with Crippen LogP contribution in [0, 0.1) is 6.33 Å². The highest BCUT2D eigenvalue weighted by molar-refractivity contribution is 5.73. The lowest BCUT2D eigenvalue weighted by Crippen LogP contribution is -2.26. The zero-order valence-corrected chi connectivity index (χ0v) is 10.6. The summed E-state index contributed by atoms with van der Waals surface area (Å²) in [5, 5.41) is 0. The maximum absolute atomic E-state index is 12.8. The molecule has 0 saturated carbocycles. The second-order valence-electron chi connectivity index (χ2n) is 4.53. The number of aryl methyl sites for hydroxylation is 1. The van der Waals surface area contributed by atoms with Gasteiger partial charge >= 0.3 is 6.18 Å². The minimum absolute atomic E-state index is 0.441. The van der Waals surface area contributed by atoms with Gasteiger partial charge in [-0.05, 0) is 6.07 Å². The Kier molecular flexibility index (Phi) is 2.78. The molecule has 0 amide bonds. The predicted molar refractivity (Wildman–Crippen MR) is 68.3 cm³/mol. The number of hydrogen-bond acceptors (Lipinski definition) is 0. The van der Waals surface area contributed by atoms with Crippen molar-refractivity contribution >= 4 is 11.0 Å². The van der Waals surface area contributed by atoms with Gasteiger partial charge in [0.25, 0.3) is 0 Å². The first-order valence-electron chi connectivity index (χ1n) is 6.03. The zero-order valence-electron chi connectivity index (χ0n) is 10.6. The molecule has 0 aliphatic heterocycles. The first-order valence-corrected chi connectivity index (χ1v) is 6.03. The maximum Gasteiger partial charge on any atom is 0.415 e. The highest BCUT2D eigenvalue weighted by Gasteiger charge is 2.30. The molecule has 0 fully saturated rings. The fourth-order valence-electron chi connectivity index (χ4n) is 2.21. The van der Waals surface area contributed by atoms with Crippen LogP contribution in [0.3, 0.4) is 0 Å². The first kappa shape index (κ1) is 12.7. The summed E-state index contributed by atoms with van der Waals surface area (Å²) >= 11 is 0. The number of para-hydroxylation sites is 2. The van der Waals surface area contributed by atoms with Crippen LogP contribution < -0.4 is 4.57 Å². The van der Waals surface area contributed by atoms with Crippen molar-refractivity contribution in [1.29, 1.82) is 0 Å². The largest absolute Gasteiger partial charge is 0.415 e. The molecule has 102 valence electrons. The van der Waals surface area contributed by atoms with Gasteiger partial charge in [-0.2, -0.15) is 13.2 Å². The number of fused-ring (bicyclic) bond motifs is 1. The molecule has 3 rings (SSSR count). The van der Waals surface area contributed by atoms with Crippen LogP contribution in [0.25, 0.3) is 16.7 Å². The Morgan fingerprint density at radius 2 is 1.80 bits per heavy atom. The summed E-state index contributed by atoms with van der Waals surface area (Å²) in [6, 6.07) is 12.7. The van der Waals surface area contributed by atoms with Crippen LogP contribution in [-0.4, -0.2) is 4.57 Å². The van der Waals surface area contributed by atoms with Crippen molar-refractivity contribution in [3.63, 3.8) is 0 Å². The van der Waals surface area contributed by atoms with E-state index in [1.165, 1.54) is 6.07 Å². The second-order valence-corrected chi connectivity index (χ2v) is 4.53. The second kappa shape index (κ2) is 4.37. The number of benzene rings is 2. The SMILES string of the molecule is C[n+]1[c-]n(-c2cccc(C(F)(F)F)c2)c2ccccc21. The molecule has 0 aliphatic carbocycles. The monoisotopic (exact) mass is 276 g/mol. The average Bonchev–Trinajstić information content (AvgIpc) is 2.76. The smallest absolute Gasteiger partial charge is 0.319 e. The molecular weight excluding hydrogens is 265 g/mol. The standard InChI is InChI=1S/C15H11F3N2/c1-19-10-20(14-8-3-2-7-13(14)19)12-6-4-5-11(9-12)15(16,17)18/h2-9H,1H3. The third kappa shape index (κ3) is 2.05. The van der Waals surface area contributed by atoms with E-state index in [1.807, 2.05) is 31.3 Å². The summed E-state index contributed by atoms with van der Waals surface area (Å²) in [6.45, 7) is 0. The minimum Gasteiger partial charge on any atom is -0.319 e. The van der Waals surface area contributed by atoms with Crippen molar-refractivity contribution < 1.29 is 17.7 Å². The molecule has 0 atom stereocenters. The molecule has 20 heavy (non-hydrogen) atoms. The summed E-state index contributed by atoms with van der Waals surface area (Å²) in [5.41, 5.74) is 1.50. The Morgan fingerprint density at radius 3 is 2.55 bits per heavy atom. The van der Waals surface area contributed by atoms with E-state index in [0.29, 0.717) is 5.69 Å². The normalized spacial score (nSPS) is 12.0. The van der Waals surface area contributed by atoms with Gasteiger partial charge in [-0.15, -0.1) is 0 Å². The fourth-order valence-corrected chi connectivity index (χ4v) is 2.21. The van der Waals surface area contributed by atoms with Gasteiger partial charge in [-0.3, -0.25) is 0 Å². The molecule has 2 aromatic carbocycles. The molecule has 0 aliphatic rings. The average molecular weight is 276 g/mol. The molecule has 0 unspecified atom stereocenters. The quantitative estimate of drug-likeness (QED) is 0.476. The molecule has 1 heterocycles. The molecule has 0 radical (unpaired) electrons. The summed E-state index contributed by atoms with van der Waals surface area (Å²) in [5.74, 6) is 0. The topological polar surface area (TPSA) is 8.81 Å². The van der Waals surface area contributed by atoms with Crippen LogP contribution in [-0.2, 0) is 13.2 Å². The first-order chi connectivity index (χ1) is 9.47. The third-order valence-corrected chi connectivity index (χ3v) is 3.17. The van der Waals surface area contributed by atoms with Gasteiger partial charge in [0.15, 0.2) is 0 Å². The number of alkyl halides is 3. The number of imidazole rings is 1. The number of rotatable bonds is 1. The molecule has 0 N–H and O–H groups in total. The molecule has 1 aromatic heterocycles. The number of halogens is 3. The maximum atomic E-state index is 12.8. The molecule has 0 saturated heterocycles. The number of aromatic nitrogens is 2. The van der Waals surface area contributed by atoms with E-state index in [9.17, 15) is 13.2 Å². The van der Waals surface area contributed by atoms with Crippen molar-refractivity contribution in [1.82, 2.24) is 4.57 Å². The molecule has 2 nitrogen and oxygen atoms in total. The van der Waals surface area contributed by atoms with E-state index in [2.05, 4.69) is 6.33 Å². The zero-order chi connectivity index (χ0) is 14.3. The summed E-state index contributed by atoms with van der Waals surface area (Å²) in [6.07, 6.45) is -1.33. The number of nitrogens with zero attached hydrogens (tertiary/aromatic N) is 2. The molecule has 0 spiro atoms. The van der Waals surface area contributed by atoms with Crippen molar-refractivity contribution in [3.05, 3.63) is 60.4 Å². The lowest BCUT2D eigenvalue weighted by molar-refractivity contribution is -0.649. The van der Waals surface area contributed by atoms with Gasteiger partial charge in [0, 0.05) is 0 Å². The molecular formula is C15H11F3N2. The minimum atomic E-state index is -4.35. The fraction of sp³-hybridized carbons (Fsp3) is 0.133. The lowest BCUT2D eigenvalue weighted by Gasteiger charge is -2.10. The summed E-state index contributed by atoms with van der Waals surface area (Å²) in [7, 11) is 1.81. The van der Waals surface area contributed by atoms with Crippen molar-refractivity contribution in [2.24, 2.45) is 7.05 Å². The van der Waals surface area contributed by atoms with Crippen LogP contribution >= 0.6 is 0 Å². The molecule has 3 aromatic rings. The Labute approximate surface area is 113 Å². The van der Waals surface area contributed by atoms with Crippen LogP contribution in [0.15, 0.2) is 48.5 Å². The Bertz CT molecular complexity index is 772. The Hall–Kier alpha value is -2.30. The molecule has 0 bridgehead atoms. The Morgan fingerprint density at radius 1 is 1.05 bits per heavy atom. The van der Waals surface area contributed by atoms with Crippen LogP contribution in [0.4, 0.5) is 13.2 Å². The van der Waals surface area contributed by atoms with Crippen LogP contribution in [0.2, 0.25) is 0 Å². The third-order valence-electron chi connectivity index (χ3n) is 3.17. The van der Waals surface area contributed by atoms with Crippen LogP contribution in [0.5, 0.6) is 0 Å². The van der Waals surface area contributed by atoms with Crippen LogP contribution in [0.1, 0.15) is 5.56 Å². The summed E-state index contributed by atoms with van der Waals surface area (Å²) in [4.78, 5) is 0. The van der Waals surface area contributed by atoms with Gasteiger partial charge < -0.3 is 9.13 Å². The van der Waals surface area contributed by atoms with Gasteiger partial charge in [0.05, 0.1) is 29.3 Å². The summed E-state index contributed by atoms with van der Waals surface area (Å²) < 4.78 is 41.7. The van der Waals surface area contributed by atoms with Crippen molar-refractivity contribution in [2.75, 3.05) is 0 Å².